The Balaban J connectivity index is 1.67. The third kappa shape index (κ3) is 3.70. The molecule has 1 amide bonds. The molecule has 0 aliphatic rings. The highest BCUT2D eigenvalue weighted by Gasteiger charge is 2.30. The first-order valence-electron chi connectivity index (χ1n) is 6.76. The number of fused-ring (bicyclic) bond motifs is 1. The number of aromatic nitrogens is 2. The van der Waals surface area contributed by atoms with Crippen molar-refractivity contribution in [1.82, 2.24) is 14.7 Å². The zero-order valence-electron chi connectivity index (χ0n) is 11.8. The van der Waals surface area contributed by atoms with Crippen LogP contribution in [0.1, 0.15) is 16.1 Å². The number of rotatable bonds is 4. The minimum absolute atomic E-state index is 0.152. The highest BCUT2D eigenvalue weighted by Crippen LogP contribution is 2.29. The van der Waals surface area contributed by atoms with Crippen LogP contribution in [0.15, 0.2) is 42.0 Å². The maximum Gasteiger partial charge on any atom is 0.417 e. The molecule has 1 N–H and O–H groups in total. The van der Waals surface area contributed by atoms with Crippen molar-refractivity contribution in [2.45, 2.75) is 19.1 Å². The van der Waals surface area contributed by atoms with E-state index in [1.165, 1.54) is 28.0 Å². The summed E-state index contributed by atoms with van der Waals surface area (Å²) >= 11 is 1.49. The van der Waals surface area contributed by atoms with E-state index >= 15 is 0 Å². The van der Waals surface area contributed by atoms with Gasteiger partial charge in [0, 0.05) is 17.3 Å². The molecule has 0 aromatic carbocycles. The van der Waals surface area contributed by atoms with Gasteiger partial charge in [0.05, 0.1) is 24.2 Å². The van der Waals surface area contributed by atoms with Crippen LogP contribution >= 0.6 is 11.3 Å². The molecule has 0 aliphatic carbocycles. The number of amides is 1. The van der Waals surface area contributed by atoms with E-state index in [0.29, 0.717) is 11.3 Å². The third-order valence-electron chi connectivity index (χ3n) is 3.21. The number of hydrogen-bond donors (Lipinski definition) is 1. The first-order chi connectivity index (χ1) is 10.9. The van der Waals surface area contributed by atoms with Gasteiger partial charge < -0.3 is 9.72 Å². The van der Waals surface area contributed by atoms with Crippen LogP contribution in [0, 0.1) is 0 Å². The maximum absolute atomic E-state index is 12.7. The molecular weight excluding hydrogens is 327 g/mol. The summed E-state index contributed by atoms with van der Waals surface area (Å²) in [5, 5.41) is 4.60. The van der Waals surface area contributed by atoms with Crippen LogP contribution in [-0.2, 0) is 23.9 Å². The smallest absolute Gasteiger partial charge is 0.350 e. The number of imidazole rings is 1. The second-order valence-corrected chi connectivity index (χ2v) is 5.98. The van der Waals surface area contributed by atoms with Crippen LogP contribution in [0.4, 0.5) is 13.2 Å². The topological polar surface area (TPSA) is 46.4 Å². The molecule has 23 heavy (non-hydrogen) atoms. The Morgan fingerprint density at radius 2 is 2.09 bits per heavy atom. The first-order valence-corrected chi connectivity index (χ1v) is 7.64. The number of carbonyl (C=O) groups excluding carboxylic acids is 1. The second-order valence-electron chi connectivity index (χ2n) is 4.95. The van der Waals surface area contributed by atoms with Crippen molar-refractivity contribution >= 4 is 22.9 Å². The average Bonchev–Trinajstić information content (AvgIpc) is 3.11. The van der Waals surface area contributed by atoms with Gasteiger partial charge >= 0.3 is 6.18 Å². The molecule has 8 heteroatoms. The van der Waals surface area contributed by atoms with Gasteiger partial charge in [0.1, 0.15) is 5.65 Å². The first kappa shape index (κ1) is 15.5. The highest BCUT2D eigenvalue weighted by molar-refractivity contribution is 7.10. The fourth-order valence-corrected chi connectivity index (χ4v) is 2.82. The fraction of sp³-hybridized carbons (Fsp3) is 0.200. The molecule has 0 saturated heterocycles. The SMILES string of the molecule is O=C(Cc1cccs1)NCc1cn2cc(C(F)(F)F)ccc2n1. The van der Waals surface area contributed by atoms with Crippen molar-refractivity contribution < 1.29 is 18.0 Å². The minimum atomic E-state index is -4.40. The highest BCUT2D eigenvalue weighted by atomic mass is 32.1. The Morgan fingerprint density at radius 1 is 1.26 bits per heavy atom. The van der Waals surface area contributed by atoms with Crippen molar-refractivity contribution in [3.8, 4) is 0 Å². The number of carbonyl (C=O) groups is 1. The summed E-state index contributed by atoms with van der Waals surface area (Å²) in [7, 11) is 0. The molecule has 0 unspecified atom stereocenters. The zero-order valence-corrected chi connectivity index (χ0v) is 12.6. The van der Waals surface area contributed by atoms with E-state index in [4.69, 9.17) is 0 Å². The van der Waals surface area contributed by atoms with E-state index < -0.39 is 11.7 Å². The number of hydrogen-bond acceptors (Lipinski definition) is 3. The van der Waals surface area contributed by atoms with Gasteiger partial charge in [0.2, 0.25) is 5.91 Å². The molecule has 0 spiro atoms. The van der Waals surface area contributed by atoms with Gasteiger partial charge in [0.15, 0.2) is 0 Å². The molecule has 3 heterocycles. The quantitative estimate of drug-likeness (QED) is 0.793. The molecule has 3 aromatic rings. The summed E-state index contributed by atoms with van der Waals surface area (Å²) < 4.78 is 39.3. The van der Waals surface area contributed by atoms with E-state index in [-0.39, 0.29) is 18.9 Å². The van der Waals surface area contributed by atoms with Crippen molar-refractivity contribution in [2.24, 2.45) is 0 Å². The minimum Gasteiger partial charge on any atom is -0.350 e. The van der Waals surface area contributed by atoms with Crippen molar-refractivity contribution in [3.05, 3.63) is 58.2 Å². The monoisotopic (exact) mass is 339 g/mol. The molecular formula is C15H12F3N3OS. The molecule has 0 radical (unpaired) electrons. The van der Waals surface area contributed by atoms with Gasteiger partial charge in [-0.1, -0.05) is 6.07 Å². The van der Waals surface area contributed by atoms with Gasteiger partial charge in [-0.25, -0.2) is 4.98 Å². The van der Waals surface area contributed by atoms with Crippen LogP contribution in [-0.4, -0.2) is 15.3 Å². The third-order valence-corrected chi connectivity index (χ3v) is 4.09. The average molecular weight is 339 g/mol. The molecule has 120 valence electrons. The summed E-state index contributed by atoms with van der Waals surface area (Å²) in [5.74, 6) is -0.152. The number of thiophene rings is 1. The fourth-order valence-electron chi connectivity index (χ4n) is 2.12. The lowest BCUT2D eigenvalue weighted by Crippen LogP contribution is -2.24. The molecule has 0 atom stereocenters. The van der Waals surface area contributed by atoms with Gasteiger partial charge in [-0.2, -0.15) is 13.2 Å². The maximum atomic E-state index is 12.7. The van der Waals surface area contributed by atoms with Crippen LogP contribution in [0.3, 0.4) is 0 Å². The Kier molecular flexibility index (Phi) is 4.08. The molecule has 3 rings (SSSR count). The lowest BCUT2D eigenvalue weighted by molar-refractivity contribution is -0.137. The zero-order chi connectivity index (χ0) is 16.4. The van der Waals surface area contributed by atoms with Crippen LogP contribution in [0.2, 0.25) is 0 Å². The Morgan fingerprint density at radius 3 is 2.78 bits per heavy atom. The van der Waals surface area contributed by atoms with Gasteiger partial charge in [-0.15, -0.1) is 11.3 Å². The Bertz CT molecular complexity index is 824. The number of alkyl halides is 3. The largest absolute Gasteiger partial charge is 0.417 e. The van der Waals surface area contributed by atoms with Crippen LogP contribution in [0.25, 0.3) is 5.65 Å². The van der Waals surface area contributed by atoms with E-state index in [1.54, 1.807) is 0 Å². The van der Waals surface area contributed by atoms with E-state index in [2.05, 4.69) is 10.3 Å². The lowest BCUT2D eigenvalue weighted by Gasteiger charge is -2.05. The summed E-state index contributed by atoms with van der Waals surface area (Å²) in [6.07, 6.45) is -1.65. The van der Waals surface area contributed by atoms with Crippen molar-refractivity contribution in [3.63, 3.8) is 0 Å². The predicted octanol–water partition coefficient (Wildman–Crippen LogP) is 3.27. The Hall–Kier alpha value is -2.35. The number of nitrogens with one attached hydrogen (secondary N) is 1. The van der Waals surface area contributed by atoms with E-state index in [1.807, 2.05) is 17.5 Å². The molecule has 0 aliphatic heterocycles. The van der Waals surface area contributed by atoms with Crippen molar-refractivity contribution in [2.75, 3.05) is 0 Å². The molecule has 3 aromatic heterocycles. The standard InChI is InChI=1S/C15H12F3N3OS/c16-15(17,18)10-3-4-13-20-11(9-21(13)8-10)7-19-14(22)6-12-2-1-5-23-12/h1-5,8-9H,6-7H2,(H,19,22). The summed E-state index contributed by atoms with van der Waals surface area (Å²) in [4.78, 5) is 16.9. The van der Waals surface area contributed by atoms with E-state index in [9.17, 15) is 18.0 Å². The van der Waals surface area contributed by atoms with E-state index in [0.717, 1.165) is 17.1 Å². The molecule has 0 fully saturated rings. The van der Waals surface area contributed by atoms with Crippen molar-refractivity contribution in [1.29, 1.82) is 0 Å². The van der Waals surface area contributed by atoms with Gasteiger partial charge in [-0.3, -0.25) is 4.79 Å². The number of nitrogens with zero attached hydrogens (tertiary/aromatic N) is 2. The van der Waals surface area contributed by atoms with Crippen LogP contribution < -0.4 is 5.32 Å². The molecule has 4 nitrogen and oxygen atoms in total. The normalized spacial score (nSPS) is 11.8. The Labute approximate surface area is 133 Å². The molecule has 0 saturated carbocycles. The lowest BCUT2D eigenvalue weighted by atomic mass is 10.3. The van der Waals surface area contributed by atoms with Gasteiger partial charge in [0.25, 0.3) is 0 Å². The second kappa shape index (κ2) is 6.04. The van der Waals surface area contributed by atoms with Crippen LogP contribution in [0.5, 0.6) is 0 Å². The predicted molar refractivity (Wildman–Crippen MR) is 80.1 cm³/mol. The summed E-state index contributed by atoms with van der Waals surface area (Å²) in [6, 6.07) is 6.03. The van der Waals surface area contributed by atoms with Gasteiger partial charge in [-0.05, 0) is 23.6 Å². The molecule has 0 bridgehead atoms. The number of pyridine rings is 1. The summed E-state index contributed by atoms with van der Waals surface area (Å²) in [5.41, 5.74) is 0.167. The number of halogens is 3. The summed E-state index contributed by atoms with van der Waals surface area (Å²) in [6.45, 7) is 0.174.